The second-order valence-corrected chi connectivity index (χ2v) is 6.20. The number of halogens is 2. The molecule has 1 fully saturated rings. The molecule has 1 heterocycles. The zero-order valence-corrected chi connectivity index (χ0v) is 15.5. The van der Waals surface area contributed by atoms with Gasteiger partial charge in [0.15, 0.2) is 0 Å². The average molecular weight is 407 g/mol. The Morgan fingerprint density at radius 2 is 2.22 bits per heavy atom. The van der Waals surface area contributed by atoms with E-state index in [1.807, 2.05) is 25.1 Å². The molecule has 0 saturated carbocycles. The fourth-order valence-corrected chi connectivity index (χ4v) is 2.72. The van der Waals surface area contributed by atoms with Gasteiger partial charge in [-0.1, -0.05) is 15.9 Å². The summed E-state index contributed by atoms with van der Waals surface area (Å²) in [5, 5.41) is 5.91. The number of amides is 2. The third-order valence-corrected chi connectivity index (χ3v) is 3.93. The van der Waals surface area contributed by atoms with Gasteiger partial charge in [0.05, 0.1) is 19.8 Å². The Balaban J connectivity index is 0.00000264. The fourth-order valence-electron chi connectivity index (χ4n) is 2.24. The van der Waals surface area contributed by atoms with Gasteiger partial charge in [-0.2, -0.15) is 0 Å². The molecule has 2 rings (SSSR count). The zero-order valence-electron chi connectivity index (χ0n) is 13.1. The first-order valence-electron chi connectivity index (χ1n) is 7.09. The Bertz CT molecular complexity index is 565. The van der Waals surface area contributed by atoms with Gasteiger partial charge >= 0.3 is 0 Å². The lowest BCUT2D eigenvalue weighted by Gasteiger charge is -2.27. The van der Waals surface area contributed by atoms with E-state index in [0.29, 0.717) is 19.8 Å². The van der Waals surface area contributed by atoms with Gasteiger partial charge in [-0.05, 0) is 30.7 Å². The number of rotatable bonds is 4. The number of ether oxygens (including phenoxy) is 1. The summed E-state index contributed by atoms with van der Waals surface area (Å²) in [7, 11) is 1.62. The van der Waals surface area contributed by atoms with Crippen molar-refractivity contribution in [2.75, 3.05) is 38.7 Å². The predicted molar refractivity (Wildman–Crippen MR) is 95.0 cm³/mol. The highest BCUT2D eigenvalue weighted by molar-refractivity contribution is 9.10. The maximum absolute atomic E-state index is 12.2. The van der Waals surface area contributed by atoms with E-state index in [9.17, 15) is 9.59 Å². The van der Waals surface area contributed by atoms with Gasteiger partial charge in [-0.15, -0.1) is 12.4 Å². The number of hydrogen-bond donors (Lipinski definition) is 2. The van der Waals surface area contributed by atoms with Gasteiger partial charge in [-0.25, -0.2) is 0 Å². The van der Waals surface area contributed by atoms with Crippen LogP contribution in [-0.2, 0) is 14.3 Å². The summed E-state index contributed by atoms with van der Waals surface area (Å²) >= 11 is 3.38. The third kappa shape index (κ3) is 5.76. The lowest BCUT2D eigenvalue weighted by molar-refractivity contribution is -0.137. The molecule has 0 spiro atoms. The van der Waals surface area contributed by atoms with Crippen molar-refractivity contribution in [3.63, 3.8) is 0 Å². The molecule has 1 aliphatic heterocycles. The zero-order chi connectivity index (χ0) is 16.1. The number of carbonyl (C=O) groups is 2. The molecule has 0 aromatic heterocycles. The van der Waals surface area contributed by atoms with Gasteiger partial charge in [0, 0.05) is 23.8 Å². The first-order chi connectivity index (χ1) is 10.5. The number of hydrogen-bond acceptors (Lipinski definition) is 4. The van der Waals surface area contributed by atoms with Crippen molar-refractivity contribution in [2.24, 2.45) is 0 Å². The van der Waals surface area contributed by atoms with Crippen LogP contribution in [0.3, 0.4) is 0 Å². The molecule has 1 saturated heterocycles. The van der Waals surface area contributed by atoms with Crippen LogP contribution in [-0.4, -0.2) is 56.1 Å². The molecule has 1 atom stereocenters. The van der Waals surface area contributed by atoms with E-state index in [1.54, 1.807) is 7.05 Å². The van der Waals surface area contributed by atoms with Crippen molar-refractivity contribution >= 4 is 45.8 Å². The van der Waals surface area contributed by atoms with Gasteiger partial charge in [0.2, 0.25) is 11.8 Å². The molecule has 1 aromatic rings. The molecule has 2 amide bonds. The molecule has 2 N–H and O–H groups in total. The second-order valence-electron chi connectivity index (χ2n) is 5.28. The molecule has 23 heavy (non-hydrogen) atoms. The van der Waals surface area contributed by atoms with Crippen molar-refractivity contribution in [1.82, 2.24) is 10.2 Å². The molecule has 6 nitrogen and oxygen atoms in total. The molecule has 1 aromatic carbocycles. The van der Waals surface area contributed by atoms with E-state index < -0.39 is 0 Å². The van der Waals surface area contributed by atoms with Crippen molar-refractivity contribution in [1.29, 1.82) is 0 Å². The highest BCUT2D eigenvalue weighted by atomic mass is 79.9. The highest BCUT2D eigenvalue weighted by Gasteiger charge is 2.25. The molecule has 8 heteroatoms. The first kappa shape index (κ1) is 19.9. The molecular weight excluding hydrogens is 386 g/mol. The first-order valence-corrected chi connectivity index (χ1v) is 7.89. The minimum absolute atomic E-state index is 0. The van der Waals surface area contributed by atoms with E-state index in [2.05, 4.69) is 26.6 Å². The Hall–Kier alpha value is -1.15. The van der Waals surface area contributed by atoms with Gasteiger partial charge < -0.3 is 20.3 Å². The average Bonchev–Trinajstić information content (AvgIpc) is 2.50. The maximum Gasteiger partial charge on any atom is 0.243 e. The fraction of sp³-hybridized carbons (Fsp3) is 0.467. The molecule has 0 radical (unpaired) electrons. The number of morpholine rings is 1. The summed E-state index contributed by atoms with van der Waals surface area (Å²) < 4.78 is 6.22. The Labute approximate surface area is 150 Å². The van der Waals surface area contributed by atoms with E-state index in [4.69, 9.17) is 4.74 Å². The lowest BCUT2D eigenvalue weighted by atomic mass is 10.2. The number of nitrogens with one attached hydrogen (secondary N) is 2. The Morgan fingerprint density at radius 3 is 2.83 bits per heavy atom. The highest BCUT2D eigenvalue weighted by Crippen LogP contribution is 2.19. The minimum atomic E-state index is -0.374. The normalized spacial score (nSPS) is 17.1. The predicted octanol–water partition coefficient (Wildman–Crippen LogP) is 1.56. The summed E-state index contributed by atoms with van der Waals surface area (Å²) in [4.78, 5) is 25.7. The van der Waals surface area contributed by atoms with Gasteiger partial charge in [0.1, 0.15) is 6.04 Å². The molecule has 0 aliphatic carbocycles. The SMILES string of the molecule is Cc1cc(Br)ccc1NC(=O)CN(C)C(=O)C1COCCN1.Cl. The standard InChI is InChI=1S/C15H20BrN3O3.ClH/c1-10-7-11(16)3-4-12(10)18-14(20)8-19(2)15(21)13-9-22-6-5-17-13;/h3-4,7,13,17H,5-6,8-9H2,1-2H3,(H,18,20);1H. The van der Waals surface area contributed by atoms with Crippen LogP contribution in [0.4, 0.5) is 5.69 Å². The van der Waals surface area contributed by atoms with Crippen LogP contribution < -0.4 is 10.6 Å². The van der Waals surface area contributed by atoms with Gasteiger partial charge in [-0.3, -0.25) is 9.59 Å². The molecule has 1 unspecified atom stereocenters. The molecule has 0 bridgehead atoms. The number of anilines is 1. The van der Waals surface area contributed by atoms with E-state index in [-0.39, 0.29) is 36.8 Å². The van der Waals surface area contributed by atoms with Crippen LogP contribution in [0.15, 0.2) is 22.7 Å². The Morgan fingerprint density at radius 1 is 1.48 bits per heavy atom. The van der Waals surface area contributed by atoms with Crippen LogP contribution in [0.25, 0.3) is 0 Å². The summed E-state index contributed by atoms with van der Waals surface area (Å²) in [6.45, 7) is 3.52. The Kier molecular flexibility index (Phi) is 7.98. The van der Waals surface area contributed by atoms with Crippen molar-refractivity contribution in [3.05, 3.63) is 28.2 Å². The number of nitrogens with zero attached hydrogens (tertiary/aromatic N) is 1. The quantitative estimate of drug-likeness (QED) is 0.796. The largest absolute Gasteiger partial charge is 0.378 e. The maximum atomic E-state index is 12.2. The number of likely N-dealkylation sites (N-methyl/N-ethyl adjacent to an activating group) is 1. The molecule has 1 aliphatic rings. The summed E-state index contributed by atoms with van der Waals surface area (Å²) in [6, 6.07) is 5.24. The number of aryl methyl sites for hydroxylation is 1. The van der Waals surface area contributed by atoms with E-state index in [0.717, 1.165) is 15.7 Å². The summed E-state index contributed by atoms with van der Waals surface area (Å²) in [6.07, 6.45) is 0. The van der Waals surface area contributed by atoms with Crippen molar-refractivity contribution in [2.45, 2.75) is 13.0 Å². The minimum Gasteiger partial charge on any atom is -0.378 e. The van der Waals surface area contributed by atoms with E-state index >= 15 is 0 Å². The van der Waals surface area contributed by atoms with Crippen LogP contribution in [0.1, 0.15) is 5.56 Å². The monoisotopic (exact) mass is 405 g/mol. The van der Waals surface area contributed by atoms with Crippen LogP contribution in [0, 0.1) is 6.92 Å². The van der Waals surface area contributed by atoms with Crippen LogP contribution in [0.5, 0.6) is 0 Å². The van der Waals surface area contributed by atoms with E-state index in [1.165, 1.54) is 4.90 Å². The molecular formula is C15H21BrClN3O3. The number of carbonyl (C=O) groups excluding carboxylic acids is 2. The molecule has 128 valence electrons. The van der Waals surface area contributed by atoms with Crippen molar-refractivity contribution < 1.29 is 14.3 Å². The topological polar surface area (TPSA) is 70.7 Å². The lowest BCUT2D eigenvalue weighted by Crippen LogP contribution is -2.52. The summed E-state index contributed by atoms with van der Waals surface area (Å²) in [5.41, 5.74) is 1.70. The van der Waals surface area contributed by atoms with Crippen molar-refractivity contribution in [3.8, 4) is 0 Å². The smallest absolute Gasteiger partial charge is 0.243 e. The summed E-state index contributed by atoms with van der Waals surface area (Å²) in [5.74, 6) is -0.361. The van der Waals surface area contributed by atoms with Gasteiger partial charge in [0.25, 0.3) is 0 Å². The van der Waals surface area contributed by atoms with Crippen LogP contribution in [0.2, 0.25) is 0 Å². The van der Waals surface area contributed by atoms with Crippen LogP contribution >= 0.6 is 28.3 Å². The third-order valence-electron chi connectivity index (χ3n) is 3.44. The number of benzene rings is 1. The second kappa shape index (κ2) is 9.22.